The number of nitrogens with zero attached hydrogens (tertiary/aromatic N) is 2. The van der Waals surface area contributed by atoms with Crippen molar-refractivity contribution in [3.63, 3.8) is 0 Å². The lowest BCUT2D eigenvalue weighted by molar-refractivity contribution is -0.122. The van der Waals surface area contributed by atoms with Crippen LogP contribution in [0.25, 0.3) is 0 Å². The van der Waals surface area contributed by atoms with Crippen molar-refractivity contribution in [2.24, 2.45) is 7.05 Å². The Morgan fingerprint density at radius 2 is 2.12 bits per heavy atom. The van der Waals surface area contributed by atoms with E-state index in [9.17, 15) is 0 Å². The van der Waals surface area contributed by atoms with Gasteiger partial charge in [0.1, 0.15) is 0 Å². The van der Waals surface area contributed by atoms with Crippen LogP contribution in [0.15, 0.2) is 12.4 Å². The molecule has 1 atom stereocenters. The Hall–Kier alpha value is -0.910. The molecule has 1 aromatic heterocycles. The van der Waals surface area contributed by atoms with Crippen LogP contribution in [0.2, 0.25) is 0 Å². The molecule has 0 saturated heterocycles. The van der Waals surface area contributed by atoms with Crippen molar-refractivity contribution < 1.29 is 9.47 Å². The number of ether oxygens (including phenoxy) is 2. The Balaban J connectivity index is 2.61. The fourth-order valence-electron chi connectivity index (χ4n) is 1.85. The van der Waals surface area contributed by atoms with Crippen molar-refractivity contribution in [1.82, 2.24) is 15.1 Å². The minimum Gasteiger partial charge on any atom is -0.354 e. The summed E-state index contributed by atoms with van der Waals surface area (Å²) < 4.78 is 12.5. The first-order valence-electron chi connectivity index (χ1n) is 5.97. The van der Waals surface area contributed by atoms with E-state index in [-0.39, 0.29) is 12.3 Å². The quantitative estimate of drug-likeness (QED) is 0.688. The van der Waals surface area contributed by atoms with Crippen molar-refractivity contribution in [3.8, 4) is 0 Å². The molecule has 1 heterocycles. The molecule has 5 nitrogen and oxygen atoms in total. The molecule has 0 aliphatic rings. The Morgan fingerprint density at radius 1 is 1.41 bits per heavy atom. The Morgan fingerprint density at radius 3 is 2.59 bits per heavy atom. The van der Waals surface area contributed by atoms with E-state index in [0.29, 0.717) is 0 Å². The third-order valence-corrected chi connectivity index (χ3v) is 2.66. The fourth-order valence-corrected chi connectivity index (χ4v) is 1.85. The van der Waals surface area contributed by atoms with E-state index in [4.69, 9.17) is 9.47 Å². The van der Waals surface area contributed by atoms with Crippen LogP contribution >= 0.6 is 0 Å². The van der Waals surface area contributed by atoms with Crippen molar-refractivity contribution >= 4 is 0 Å². The maximum Gasteiger partial charge on any atom is 0.172 e. The third kappa shape index (κ3) is 4.46. The van der Waals surface area contributed by atoms with E-state index >= 15 is 0 Å². The first kappa shape index (κ1) is 14.2. The van der Waals surface area contributed by atoms with Gasteiger partial charge in [-0.05, 0) is 24.9 Å². The van der Waals surface area contributed by atoms with Crippen LogP contribution in [-0.2, 0) is 22.9 Å². The smallest absolute Gasteiger partial charge is 0.172 e. The van der Waals surface area contributed by atoms with Crippen molar-refractivity contribution in [1.29, 1.82) is 0 Å². The number of aromatic nitrogens is 2. The predicted molar refractivity (Wildman–Crippen MR) is 66.8 cm³/mol. The highest BCUT2D eigenvalue weighted by molar-refractivity contribution is 5.06. The molecule has 0 aliphatic heterocycles. The molecule has 0 saturated carbocycles. The number of methoxy groups -OCH3 is 2. The van der Waals surface area contributed by atoms with Crippen LogP contribution in [0, 0.1) is 0 Å². The molecule has 0 amide bonds. The van der Waals surface area contributed by atoms with Crippen LogP contribution in [0.4, 0.5) is 0 Å². The summed E-state index contributed by atoms with van der Waals surface area (Å²) in [7, 11) is 5.25. The minimum atomic E-state index is -0.234. The molecule has 1 aromatic rings. The normalized spacial score (nSPS) is 13.2. The van der Waals surface area contributed by atoms with Crippen LogP contribution < -0.4 is 5.32 Å². The van der Waals surface area contributed by atoms with Gasteiger partial charge in [-0.3, -0.25) is 4.68 Å². The zero-order valence-corrected chi connectivity index (χ0v) is 11.1. The predicted octanol–water partition coefficient (Wildman–Crippen LogP) is 0.950. The second-order valence-electron chi connectivity index (χ2n) is 4.13. The number of aryl methyl sites for hydroxylation is 1. The Bertz CT molecular complexity index is 310. The molecular weight excluding hydrogens is 218 g/mol. The monoisotopic (exact) mass is 241 g/mol. The highest BCUT2D eigenvalue weighted by atomic mass is 16.7. The maximum atomic E-state index is 5.33. The van der Waals surface area contributed by atoms with E-state index in [1.54, 1.807) is 18.9 Å². The van der Waals surface area contributed by atoms with E-state index < -0.39 is 0 Å². The molecule has 0 aromatic carbocycles. The summed E-state index contributed by atoms with van der Waals surface area (Å²) in [5, 5.41) is 7.61. The highest BCUT2D eigenvalue weighted by Gasteiger charge is 2.20. The average molecular weight is 241 g/mol. The van der Waals surface area contributed by atoms with Crippen LogP contribution in [0.3, 0.4) is 0 Å². The van der Waals surface area contributed by atoms with Gasteiger partial charge < -0.3 is 14.8 Å². The van der Waals surface area contributed by atoms with E-state index in [2.05, 4.69) is 17.3 Å². The van der Waals surface area contributed by atoms with Gasteiger partial charge in [0.15, 0.2) is 6.29 Å². The van der Waals surface area contributed by atoms with Crippen LogP contribution in [0.5, 0.6) is 0 Å². The summed E-state index contributed by atoms with van der Waals surface area (Å²) in [6.07, 6.45) is 5.59. The minimum absolute atomic E-state index is 0.147. The van der Waals surface area contributed by atoms with Crippen molar-refractivity contribution in [2.45, 2.75) is 32.1 Å². The second kappa shape index (κ2) is 7.42. The van der Waals surface area contributed by atoms with E-state index in [1.807, 2.05) is 19.4 Å². The summed E-state index contributed by atoms with van der Waals surface area (Å²) >= 11 is 0. The standard InChI is InChI=1S/C12H23N3O2/c1-5-6-13-11(12(16-3)17-4)7-10-8-14-15(2)9-10/h8-9,11-13H,5-7H2,1-4H3. The van der Waals surface area contributed by atoms with Gasteiger partial charge in [0.2, 0.25) is 0 Å². The Labute approximate surface area is 103 Å². The molecule has 1 rings (SSSR count). The lowest BCUT2D eigenvalue weighted by atomic mass is 10.1. The molecule has 98 valence electrons. The molecule has 0 bridgehead atoms. The summed E-state index contributed by atoms with van der Waals surface area (Å²) in [5.74, 6) is 0. The summed E-state index contributed by atoms with van der Waals surface area (Å²) in [6.45, 7) is 3.09. The maximum absolute atomic E-state index is 5.33. The number of rotatable bonds is 8. The first-order valence-corrected chi connectivity index (χ1v) is 5.97. The zero-order valence-electron chi connectivity index (χ0n) is 11.1. The molecule has 5 heteroatoms. The van der Waals surface area contributed by atoms with Crippen molar-refractivity contribution in [2.75, 3.05) is 20.8 Å². The first-order chi connectivity index (χ1) is 8.21. The van der Waals surface area contributed by atoms with Gasteiger partial charge in [-0.15, -0.1) is 0 Å². The molecular formula is C12H23N3O2. The number of nitrogens with one attached hydrogen (secondary N) is 1. The molecule has 1 N–H and O–H groups in total. The van der Waals surface area contributed by atoms with Gasteiger partial charge in [0, 0.05) is 27.5 Å². The SMILES string of the molecule is CCCNC(Cc1cnn(C)c1)C(OC)OC. The van der Waals surface area contributed by atoms with Gasteiger partial charge in [0.25, 0.3) is 0 Å². The third-order valence-electron chi connectivity index (χ3n) is 2.66. The fraction of sp³-hybridized carbons (Fsp3) is 0.750. The van der Waals surface area contributed by atoms with Crippen LogP contribution in [-0.4, -0.2) is 42.9 Å². The molecule has 17 heavy (non-hydrogen) atoms. The van der Waals surface area contributed by atoms with Crippen LogP contribution in [0.1, 0.15) is 18.9 Å². The Kier molecular flexibility index (Phi) is 6.18. The molecule has 0 radical (unpaired) electrons. The number of hydrogen-bond acceptors (Lipinski definition) is 4. The second-order valence-corrected chi connectivity index (χ2v) is 4.13. The average Bonchev–Trinajstić information content (AvgIpc) is 2.73. The highest BCUT2D eigenvalue weighted by Crippen LogP contribution is 2.08. The molecule has 1 unspecified atom stereocenters. The van der Waals surface area contributed by atoms with Gasteiger partial charge in [-0.1, -0.05) is 6.92 Å². The zero-order chi connectivity index (χ0) is 12.7. The van der Waals surface area contributed by atoms with Crippen molar-refractivity contribution in [3.05, 3.63) is 18.0 Å². The summed E-state index contributed by atoms with van der Waals surface area (Å²) in [5.41, 5.74) is 1.18. The van der Waals surface area contributed by atoms with Gasteiger partial charge >= 0.3 is 0 Å². The molecule has 0 aliphatic carbocycles. The van der Waals surface area contributed by atoms with Gasteiger partial charge in [-0.2, -0.15) is 5.10 Å². The van der Waals surface area contributed by atoms with E-state index in [0.717, 1.165) is 19.4 Å². The number of hydrogen-bond donors (Lipinski definition) is 1. The molecule has 0 fully saturated rings. The summed E-state index contributed by atoms with van der Waals surface area (Å²) in [6, 6.07) is 0.147. The summed E-state index contributed by atoms with van der Waals surface area (Å²) in [4.78, 5) is 0. The topological polar surface area (TPSA) is 48.3 Å². The van der Waals surface area contributed by atoms with E-state index in [1.165, 1.54) is 5.56 Å². The van der Waals surface area contributed by atoms with Gasteiger partial charge in [-0.25, -0.2) is 0 Å². The lowest BCUT2D eigenvalue weighted by Crippen LogP contribution is -2.43. The van der Waals surface area contributed by atoms with Gasteiger partial charge in [0.05, 0.1) is 12.2 Å². The molecule has 0 spiro atoms. The lowest BCUT2D eigenvalue weighted by Gasteiger charge is -2.25. The largest absolute Gasteiger partial charge is 0.354 e.